The molecule has 0 radical (unpaired) electrons. The quantitative estimate of drug-likeness (QED) is 0.567. The van der Waals surface area contributed by atoms with E-state index in [4.69, 9.17) is 0 Å². The number of sulfonamides is 1. The van der Waals surface area contributed by atoms with Gasteiger partial charge in [-0.1, -0.05) is 53.8 Å². The van der Waals surface area contributed by atoms with Crippen molar-refractivity contribution in [3.63, 3.8) is 0 Å². The van der Waals surface area contributed by atoms with Gasteiger partial charge in [-0.25, -0.2) is 8.42 Å². The Morgan fingerprint density at radius 2 is 1.83 bits per heavy atom. The summed E-state index contributed by atoms with van der Waals surface area (Å²) in [5.41, 5.74) is 3.44. The topological polar surface area (TPSA) is 92.3 Å². The third-order valence-electron chi connectivity index (χ3n) is 4.49. The molecule has 0 unspecified atom stereocenters. The molecule has 3 rings (SSSR count). The predicted molar refractivity (Wildman–Crippen MR) is 121 cm³/mol. The van der Waals surface area contributed by atoms with Gasteiger partial charge >= 0.3 is 0 Å². The Balaban J connectivity index is 1.60. The van der Waals surface area contributed by atoms with Crippen LogP contribution in [0.1, 0.15) is 24.0 Å². The van der Waals surface area contributed by atoms with Gasteiger partial charge < -0.3 is 5.32 Å². The Labute approximate surface area is 180 Å². The number of nitrogens with zero attached hydrogens (tertiary/aromatic N) is 3. The molecule has 0 aliphatic heterocycles. The van der Waals surface area contributed by atoms with E-state index in [9.17, 15) is 13.2 Å². The molecule has 0 fully saturated rings. The van der Waals surface area contributed by atoms with Crippen molar-refractivity contribution in [2.24, 2.45) is 0 Å². The highest BCUT2D eigenvalue weighted by Crippen LogP contribution is 2.26. The number of anilines is 2. The van der Waals surface area contributed by atoms with Crippen LogP contribution in [0.15, 0.2) is 48.5 Å². The SMILES string of the molecule is Cc1ccc(C)c(N(CCCC(=O)Nc2nnc(-c3ccccc3)s2)S(C)(=O)=O)c1. The predicted octanol–water partition coefficient (Wildman–Crippen LogP) is 4.01. The van der Waals surface area contributed by atoms with Crippen molar-refractivity contribution in [1.82, 2.24) is 10.2 Å². The van der Waals surface area contributed by atoms with Crippen LogP contribution in [0.25, 0.3) is 10.6 Å². The van der Waals surface area contributed by atoms with E-state index in [0.717, 1.165) is 21.7 Å². The Morgan fingerprint density at radius 3 is 2.53 bits per heavy atom. The maximum atomic E-state index is 12.3. The summed E-state index contributed by atoms with van der Waals surface area (Å²) in [7, 11) is -3.46. The molecule has 0 atom stereocenters. The van der Waals surface area contributed by atoms with Gasteiger partial charge in [0.1, 0.15) is 5.01 Å². The zero-order chi connectivity index (χ0) is 21.7. The summed E-state index contributed by atoms with van der Waals surface area (Å²) < 4.78 is 26.0. The lowest BCUT2D eigenvalue weighted by atomic mass is 10.1. The summed E-state index contributed by atoms with van der Waals surface area (Å²) in [5, 5.41) is 12.0. The molecule has 0 saturated heterocycles. The van der Waals surface area contributed by atoms with Crippen molar-refractivity contribution in [3.05, 3.63) is 59.7 Å². The number of carbonyl (C=O) groups excluding carboxylic acids is 1. The average Bonchev–Trinajstić information content (AvgIpc) is 3.15. The highest BCUT2D eigenvalue weighted by molar-refractivity contribution is 7.92. The Kier molecular flexibility index (Phi) is 6.84. The molecule has 0 aliphatic rings. The number of aromatic nitrogens is 2. The van der Waals surface area contributed by atoms with E-state index >= 15 is 0 Å². The summed E-state index contributed by atoms with van der Waals surface area (Å²) in [6.07, 6.45) is 1.74. The molecular formula is C21H24N4O3S2. The molecular weight excluding hydrogens is 420 g/mol. The molecule has 0 bridgehead atoms. The lowest BCUT2D eigenvalue weighted by molar-refractivity contribution is -0.116. The van der Waals surface area contributed by atoms with Crippen LogP contribution in [0.3, 0.4) is 0 Å². The van der Waals surface area contributed by atoms with Crippen LogP contribution in [0.4, 0.5) is 10.8 Å². The van der Waals surface area contributed by atoms with Crippen LogP contribution in [-0.4, -0.2) is 37.3 Å². The number of nitrogens with one attached hydrogen (secondary N) is 1. The lowest BCUT2D eigenvalue weighted by Gasteiger charge is -2.24. The van der Waals surface area contributed by atoms with Gasteiger partial charge in [0, 0.05) is 18.5 Å². The third kappa shape index (κ3) is 5.64. The first-order valence-corrected chi connectivity index (χ1v) is 12.1. The first kappa shape index (κ1) is 21.9. The minimum absolute atomic E-state index is 0.178. The number of hydrogen-bond donors (Lipinski definition) is 1. The molecule has 158 valence electrons. The molecule has 2 aromatic carbocycles. The van der Waals surface area contributed by atoms with Crippen molar-refractivity contribution in [3.8, 4) is 10.6 Å². The van der Waals surface area contributed by atoms with E-state index in [1.807, 2.05) is 62.4 Å². The zero-order valence-electron chi connectivity index (χ0n) is 17.1. The first-order chi connectivity index (χ1) is 14.2. The molecule has 1 heterocycles. The third-order valence-corrected chi connectivity index (χ3v) is 6.56. The number of hydrogen-bond acceptors (Lipinski definition) is 6. The molecule has 1 N–H and O–H groups in total. The summed E-state index contributed by atoms with van der Waals surface area (Å²) >= 11 is 1.30. The lowest BCUT2D eigenvalue weighted by Crippen LogP contribution is -2.32. The molecule has 9 heteroatoms. The van der Waals surface area contributed by atoms with Crippen LogP contribution < -0.4 is 9.62 Å². The maximum absolute atomic E-state index is 12.3. The van der Waals surface area contributed by atoms with Crippen LogP contribution >= 0.6 is 11.3 Å². The number of amides is 1. The second kappa shape index (κ2) is 9.36. The number of rotatable bonds is 8. The number of carbonyl (C=O) groups is 1. The number of benzene rings is 2. The van der Waals surface area contributed by atoms with E-state index in [1.54, 1.807) is 0 Å². The summed E-state index contributed by atoms with van der Waals surface area (Å²) in [4.78, 5) is 12.3. The fourth-order valence-electron chi connectivity index (χ4n) is 2.99. The molecule has 7 nitrogen and oxygen atoms in total. The van der Waals surface area contributed by atoms with Gasteiger partial charge in [-0.2, -0.15) is 0 Å². The van der Waals surface area contributed by atoms with Crippen LogP contribution in [0.2, 0.25) is 0 Å². The molecule has 3 aromatic rings. The molecule has 1 aromatic heterocycles. The average molecular weight is 445 g/mol. The zero-order valence-corrected chi connectivity index (χ0v) is 18.8. The van der Waals surface area contributed by atoms with Crippen molar-refractivity contribution in [2.45, 2.75) is 26.7 Å². The minimum Gasteiger partial charge on any atom is -0.301 e. The molecule has 0 saturated carbocycles. The minimum atomic E-state index is -3.46. The van der Waals surface area contributed by atoms with Gasteiger partial charge in [-0.15, -0.1) is 10.2 Å². The Hall–Kier alpha value is -2.78. The van der Waals surface area contributed by atoms with E-state index in [2.05, 4.69) is 15.5 Å². The second-order valence-electron chi connectivity index (χ2n) is 7.06. The van der Waals surface area contributed by atoms with Gasteiger partial charge in [0.05, 0.1) is 11.9 Å². The second-order valence-corrected chi connectivity index (χ2v) is 9.94. The molecule has 0 spiro atoms. The van der Waals surface area contributed by atoms with Gasteiger partial charge in [0.25, 0.3) is 0 Å². The van der Waals surface area contributed by atoms with Gasteiger partial charge in [-0.3, -0.25) is 9.10 Å². The smallest absolute Gasteiger partial charge is 0.232 e. The molecule has 1 amide bonds. The monoisotopic (exact) mass is 444 g/mol. The Bertz CT molecular complexity index is 1130. The summed E-state index contributed by atoms with van der Waals surface area (Å²) in [6, 6.07) is 15.3. The van der Waals surface area contributed by atoms with E-state index < -0.39 is 10.0 Å². The van der Waals surface area contributed by atoms with Gasteiger partial charge in [0.2, 0.25) is 21.1 Å². The standard InChI is InChI=1S/C21H24N4O3S2/c1-15-11-12-16(2)18(14-15)25(30(3,27)28)13-7-10-19(26)22-21-24-23-20(29-21)17-8-5-4-6-9-17/h4-6,8-9,11-12,14H,7,10,13H2,1-3H3,(H,22,24,26). The highest BCUT2D eigenvalue weighted by atomic mass is 32.2. The van der Waals surface area contributed by atoms with Gasteiger partial charge in [-0.05, 0) is 37.5 Å². The normalized spacial score (nSPS) is 11.3. The fourth-order valence-corrected chi connectivity index (χ4v) is 4.77. The van der Waals surface area contributed by atoms with E-state index in [1.165, 1.54) is 21.9 Å². The fraction of sp³-hybridized carbons (Fsp3) is 0.286. The first-order valence-electron chi connectivity index (χ1n) is 9.48. The largest absolute Gasteiger partial charge is 0.301 e. The molecule has 30 heavy (non-hydrogen) atoms. The summed E-state index contributed by atoms with van der Waals surface area (Å²) in [5.74, 6) is -0.222. The number of aryl methyl sites for hydroxylation is 2. The van der Waals surface area contributed by atoms with Crippen LogP contribution in [-0.2, 0) is 14.8 Å². The Morgan fingerprint density at radius 1 is 1.10 bits per heavy atom. The van der Waals surface area contributed by atoms with Crippen LogP contribution in [0, 0.1) is 13.8 Å². The maximum Gasteiger partial charge on any atom is 0.232 e. The van der Waals surface area contributed by atoms with Crippen molar-refractivity contribution in [1.29, 1.82) is 0 Å². The van der Waals surface area contributed by atoms with Crippen molar-refractivity contribution < 1.29 is 13.2 Å². The highest BCUT2D eigenvalue weighted by Gasteiger charge is 2.20. The van der Waals surface area contributed by atoms with E-state index in [0.29, 0.717) is 17.2 Å². The molecule has 0 aliphatic carbocycles. The van der Waals surface area contributed by atoms with E-state index in [-0.39, 0.29) is 18.9 Å². The van der Waals surface area contributed by atoms with Crippen molar-refractivity contribution in [2.75, 3.05) is 22.4 Å². The van der Waals surface area contributed by atoms with Crippen molar-refractivity contribution >= 4 is 38.1 Å². The van der Waals surface area contributed by atoms with Gasteiger partial charge in [0.15, 0.2) is 0 Å². The van der Waals surface area contributed by atoms with Crippen LogP contribution in [0.5, 0.6) is 0 Å². The summed E-state index contributed by atoms with van der Waals surface area (Å²) in [6.45, 7) is 4.02.